The van der Waals surface area contributed by atoms with E-state index in [1.165, 1.54) is 32.1 Å². The van der Waals surface area contributed by atoms with Crippen LogP contribution in [0.3, 0.4) is 0 Å². The van der Waals surface area contributed by atoms with Gasteiger partial charge < -0.3 is 9.84 Å². The Kier molecular flexibility index (Phi) is 4.45. The Morgan fingerprint density at radius 3 is 2.77 bits per heavy atom. The SMILES string of the molecule is C[C@]12CCC/C(=C\Br)[C@@H]1CC[C@@H]2CC[C@H]1C[C@@](C)(O)C(=O)O1. The highest BCUT2D eigenvalue weighted by molar-refractivity contribution is 9.11. The van der Waals surface area contributed by atoms with Gasteiger partial charge >= 0.3 is 5.97 Å². The Morgan fingerprint density at radius 2 is 2.14 bits per heavy atom. The quantitative estimate of drug-likeness (QED) is 0.752. The van der Waals surface area contributed by atoms with Gasteiger partial charge in [0.15, 0.2) is 5.60 Å². The number of rotatable bonds is 3. The number of ether oxygens (including phenoxy) is 1. The zero-order valence-electron chi connectivity index (χ0n) is 13.6. The maximum absolute atomic E-state index is 11.6. The fraction of sp³-hybridized carbons (Fsp3) is 0.833. The number of allylic oxidation sites excluding steroid dienone is 1. The van der Waals surface area contributed by atoms with E-state index in [0.717, 1.165) is 18.8 Å². The Hall–Kier alpha value is -0.350. The lowest BCUT2D eigenvalue weighted by Crippen LogP contribution is -2.33. The first-order valence-corrected chi connectivity index (χ1v) is 9.51. The van der Waals surface area contributed by atoms with E-state index < -0.39 is 11.6 Å². The van der Waals surface area contributed by atoms with Crippen molar-refractivity contribution in [2.24, 2.45) is 17.3 Å². The van der Waals surface area contributed by atoms with Gasteiger partial charge in [-0.2, -0.15) is 0 Å². The standard InChI is InChI=1S/C18H27BrO3/c1-17-9-3-4-12(11-19)15(17)8-6-13(17)5-7-14-10-18(2,21)16(20)22-14/h11,13-15,21H,3-10H2,1-2H3/b12-11+/t13-,14-,15-,17+,18+/m0/s1. The number of hydrogen-bond acceptors (Lipinski definition) is 3. The number of carbonyl (C=O) groups is 1. The molecule has 5 atom stereocenters. The second kappa shape index (κ2) is 5.94. The van der Waals surface area contributed by atoms with E-state index in [1.807, 2.05) is 0 Å². The van der Waals surface area contributed by atoms with E-state index in [-0.39, 0.29) is 6.10 Å². The molecule has 0 bridgehead atoms. The van der Waals surface area contributed by atoms with Gasteiger partial charge in [-0.1, -0.05) is 28.4 Å². The molecule has 1 aliphatic heterocycles. The fourth-order valence-corrected chi connectivity index (χ4v) is 5.69. The van der Waals surface area contributed by atoms with Crippen LogP contribution in [-0.2, 0) is 9.53 Å². The molecular formula is C18H27BrO3. The van der Waals surface area contributed by atoms with Crippen molar-refractivity contribution >= 4 is 21.9 Å². The second-order valence-corrected chi connectivity index (χ2v) is 8.41. The van der Waals surface area contributed by atoms with Gasteiger partial charge in [0.05, 0.1) is 0 Å². The number of esters is 1. The predicted octanol–water partition coefficient (Wildman–Crippen LogP) is 4.33. The molecule has 3 rings (SSSR count). The van der Waals surface area contributed by atoms with Crippen LogP contribution >= 0.6 is 15.9 Å². The third-order valence-electron chi connectivity index (χ3n) is 6.48. The number of carbonyl (C=O) groups excluding carboxylic acids is 1. The maximum Gasteiger partial charge on any atom is 0.338 e. The summed E-state index contributed by atoms with van der Waals surface area (Å²) in [7, 11) is 0. The van der Waals surface area contributed by atoms with E-state index in [2.05, 4.69) is 27.8 Å². The van der Waals surface area contributed by atoms with Gasteiger partial charge in [0.25, 0.3) is 0 Å². The molecule has 0 aromatic rings. The molecule has 0 aromatic heterocycles. The minimum absolute atomic E-state index is 0.0973. The molecular weight excluding hydrogens is 344 g/mol. The van der Waals surface area contributed by atoms with Gasteiger partial charge in [-0.15, -0.1) is 0 Å². The second-order valence-electron chi connectivity index (χ2n) is 7.95. The Bertz CT molecular complexity index is 485. The summed E-state index contributed by atoms with van der Waals surface area (Å²) in [5.41, 5.74) is 0.721. The van der Waals surface area contributed by atoms with Gasteiger partial charge in [-0.05, 0) is 74.1 Å². The molecule has 3 nitrogen and oxygen atoms in total. The van der Waals surface area contributed by atoms with Crippen molar-refractivity contribution in [2.45, 2.75) is 76.9 Å². The zero-order chi connectivity index (χ0) is 16.0. The van der Waals surface area contributed by atoms with Crippen LogP contribution in [-0.4, -0.2) is 22.8 Å². The van der Waals surface area contributed by atoms with Crippen LogP contribution in [0.5, 0.6) is 0 Å². The van der Waals surface area contributed by atoms with Gasteiger partial charge in [-0.3, -0.25) is 0 Å². The number of hydrogen-bond donors (Lipinski definition) is 1. The third-order valence-corrected chi connectivity index (χ3v) is 7.06. The third kappa shape index (κ3) is 2.77. The average molecular weight is 371 g/mol. The van der Waals surface area contributed by atoms with Crippen molar-refractivity contribution in [1.82, 2.24) is 0 Å². The topological polar surface area (TPSA) is 46.5 Å². The van der Waals surface area contributed by atoms with E-state index >= 15 is 0 Å². The first-order chi connectivity index (χ1) is 10.4. The van der Waals surface area contributed by atoms with Crippen molar-refractivity contribution in [3.8, 4) is 0 Å². The highest BCUT2D eigenvalue weighted by Crippen LogP contribution is 2.58. The van der Waals surface area contributed by atoms with E-state index in [4.69, 9.17) is 4.74 Å². The summed E-state index contributed by atoms with van der Waals surface area (Å²) in [6, 6.07) is 0. The molecule has 3 aliphatic rings. The molecule has 22 heavy (non-hydrogen) atoms. The first-order valence-electron chi connectivity index (χ1n) is 8.59. The predicted molar refractivity (Wildman–Crippen MR) is 89.5 cm³/mol. The lowest BCUT2D eigenvalue weighted by molar-refractivity contribution is -0.153. The van der Waals surface area contributed by atoms with Crippen molar-refractivity contribution in [2.75, 3.05) is 0 Å². The molecule has 1 heterocycles. The zero-order valence-corrected chi connectivity index (χ0v) is 15.2. The smallest absolute Gasteiger partial charge is 0.338 e. The van der Waals surface area contributed by atoms with Gasteiger partial charge in [0.1, 0.15) is 6.10 Å². The van der Waals surface area contributed by atoms with Crippen molar-refractivity contribution in [3.05, 3.63) is 10.6 Å². The number of fused-ring (bicyclic) bond motifs is 1. The fourth-order valence-electron chi connectivity index (χ4n) is 5.15. The summed E-state index contributed by atoms with van der Waals surface area (Å²) >= 11 is 3.56. The van der Waals surface area contributed by atoms with Crippen LogP contribution in [0.15, 0.2) is 10.6 Å². The average Bonchev–Trinajstić information content (AvgIpc) is 2.93. The van der Waals surface area contributed by atoms with Crippen LogP contribution in [0.1, 0.15) is 65.2 Å². The van der Waals surface area contributed by atoms with Crippen molar-refractivity contribution < 1.29 is 14.6 Å². The summed E-state index contributed by atoms with van der Waals surface area (Å²) in [6.45, 7) is 4.03. The molecule has 1 saturated heterocycles. The Morgan fingerprint density at radius 1 is 1.36 bits per heavy atom. The lowest BCUT2D eigenvalue weighted by atomic mass is 9.63. The molecule has 0 unspecified atom stereocenters. The molecule has 2 saturated carbocycles. The molecule has 0 amide bonds. The van der Waals surface area contributed by atoms with Crippen molar-refractivity contribution in [3.63, 3.8) is 0 Å². The minimum Gasteiger partial charge on any atom is -0.460 e. The van der Waals surface area contributed by atoms with Gasteiger partial charge in [-0.25, -0.2) is 4.79 Å². The van der Waals surface area contributed by atoms with Crippen LogP contribution in [0, 0.1) is 17.3 Å². The Labute approximate surface area is 141 Å². The molecule has 4 heteroatoms. The summed E-state index contributed by atoms with van der Waals surface area (Å²) in [4.78, 5) is 13.8. The number of cyclic esters (lactones) is 1. The monoisotopic (exact) mass is 370 g/mol. The molecule has 0 radical (unpaired) electrons. The molecule has 3 fully saturated rings. The highest BCUT2D eigenvalue weighted by atomic mass is 79.9. The van der Waals surface area contributed by atoms with Crippen LogP contribution in [0.4, 0.5) is 0 Å². The first kappa shape index (κ1) is 16.5. The van der Waals surface area contributed by atoms with Gasteiger partial charge in [0.2, 0.25) is 0 Å². The van der Waals surface area contributed by atoms with Crippen LogP contribution in [0.2, 0.25) is 0 Å². The molecule has 124 valence electrons. The molecule has 2 aliphatic carbocycles. The summed E-state index contributed by atoms with van der Waals surface area (Å²) < 4.78 is 5.34. The molecule has 0 spiro atoms. The normalized spacial score (nSPS) is 46.8. The van der Waals surface area contributed by atoms with Crippen LogP contribution < -0.4 is 0 Å². The van der Waals surface area contributed by atoms with Gasteiger partial charge in [0, 0.05) is 6.42 Å². The number of aliphatic hydroxyl groups is 1. The summed E-state index contributed by atoms with van der Waals surface area (Å²) in [5, 5.41) is 9.94. The number of halogens is 1. The molecule has 1 N–H and O–H groups in total. The van der Waals surface area contributed by atoms with E-state index in [0.29, 0.717) is 17.8 Å². The maximum atomic E-state index is 11.6. The molecule has 0 aromatic carbocycles. The van der Waals surface area contributed by atoms with E-state index in [1.54, 1.807) is 12.5 Å². The Balaban J connectivity index is 1.61. The lowest BCUT2D eigenvalue weighted by Gasteiger charge is -2.42. The summed E-state index contributed by atoms with van der Waals surface area (Å²) in [6.07, 6.45) is 8.76. The summed E-state index contributed by atoms with van der Waals surface area (Å²) in [5.74, 6) is 0.986. The minimum atomic E-state index is -1.27. The largest absolute Gasteiger partial charge is 0.460 e. The highest BCUT2D eigenvalue weighted by Gasteiger charge is 2.50. The van der Waals surface area contributed by atoms with Crippen LogP contribution in [0.25, 0.3) is 0 Å². The van der Waals surface area contributed by atoms with Crippen molar-refractivity contribution in [1.29, 1.82) is 0 Å². The van der Waals surface area contributed by atoms with E-state index in [9.17, 15) is 9.90 Å².